The van der Waals surface area contributed by atoms with E-state index < -0.39 is 0 Å². The van der Waals surface area contributed by atoms with Crippen molar-refractivity contribution in [1.82, 2.24) is 0 Å². The van der Waals surface area contributed by atoms with Crippen molar-refractivity contribution in [2.45, 2.75) is 45.6 Å². The molecule has 0 spiro atoms. The third-order valence-electron chi connectivity index (χ3n) is 2.87. The van der Waals surface area contributed by atoms with Crippen LogP contribution in [0.25, 0.3) is 0 Å². The van der Waals surface area contributed by atoms with Crippen molar-refractivity contribution < 1.29 is 5.11 Å². The molecule has 0 aliphatic heterocycles. The average molecular weight is 209 g/mol. The number of para-hydroxylation sites is 1. The molecule has 0 aromatic heterocycles. The van der Waals surface area contributed by atoms with E-state index in [0.29, 0.717) is 5.75 Å². The zero-order valence-electron chi connectivity index (χ0n) is 10.0. The normalized spacial score (nSPS) is 10.4. The summed E-state index contributed by atoms with van der Waals surface area (Å²) >= 11 is 0. The van der Waals surface area contributed by atoms with E-state index in [2.05, 4.69) is 20.8 Å². The summed E-state index contributed by atoms with van der Waals surface area (Å²) in [6, 6.07) is 8.71. The summed E-state index contributed by atoms with van der Waals surface area (Å²) in [5, 5.41) is 8.63. The van der Waals surface area contributed by atoms with Gasteiger partial charge in [0.1, 0.15) is 5.75 Å². The van der Waals surface area contributed by atoms with E-state index in [0.717, 1.165) is 19.3 Å². The first kappa shape index (κ1) is 14.0. The molecule has 2 nitrogen and oxygen atoms in total. The molecule has 0 saturated heterocycles. The van der Waals surface area contributed by atoms with Gasteiger partial charge in [0, 0.05) is 5.54 Å². The molecule has 1 rings (SSSR count). The van der Waals surface area contributed by atoms with E-state index in [1.807, 2.05) is 6.07 Å². The van der Waals surface area contributed by atoms with Gasteiger partial charge in [0.25, 0.3) is 0 Å². The summed E-state index contributed by atoms with van der Waals surface area (Å²) in [7, 11) is 0. The minimum atomic E-state index is 0.125. The SMILES string of the molecule is CCC(N)(CC)CC.Oc1ccccc1. The highest BCUT2D eigenvalue weighted by molar-refractivity contribution is 5.18. The highest BCUT2D eigenvalue weighted by Gasteiger charge is 2.15. The molecule has 0 aliphatic carbocycles. The number of benzene rings is 1. The van der Waals surface area contributed by atoms with Gasteiger partial charge in [-0.15, -0.1) is 0 Å². The van der Waals surface area contributed by atoms with E-state index in [-0.39, 0.29) is 5.54 Å². The first-order chi connectivity index (χ1) is 7.08. The molecule has 86 valence electrons. The number of hydrogen-bond donors (Lipinski definition) is 2. The predicted octanol–water partition coefficient (Wildman–Crippen LogP) is 3.31. The van der Waals surface area contributed by atoms with Crippen LogP contribution in [-0.2, 0) is 0 Å². The second kappa shape index (κ2) is 7.30. The molecule has 1 aromatic rings. The largest absolute Gasteiger partial charge is 0.508 e. The van der Waals surface area contributed by atoms with Crippen LogP contribution in [0, 0.1) is 0 Å². The Labute approximate surface area is 93.1 Å². The summed E-state index contributed by atoms with van der Waals surface area (Å²) in [6.07, 6.45) is 3.29. The first-order valence-corrected chi connectivity index (χ1v) is 5.60. The molecule has 3 N–H and O–H groups in total. The van der Waals surface area contributed by atoms with Gasteiger partial charge in [0.2, 0.25) is 0 Å². The van der Waals surface area contributed by atoms with Gasteiger partial charge < -0.3 is 10.8 Å². The molecule has 0 aliphatic rings. The smallest absolute Gasteiger partial charge is 0.115 e. The minimum absolute atomic E-state index is 0.125. The van der Waals surface area contributed by atoms with Crippen molar-refractivity contribution in [3.63, 3.8) is 0 Å². The zero-order valence-corrected chi connectivity index (χ0v) is 10.0. The van der Waals surface area contributed by atoms with Crippen LogP contribution in [-0.4, -0.2) is 10.6 Å². The van der Waals surface area contributed by atoms with E-state index in [9.17, 15) is 0 Å². The Balaban J connectivity index is 0.000000262. The molecule has 0 saturated carbocycles. The molecule has 0 atom stereocenters. The molecular weight excluding hydrogens is 186 g/mol. The van der Waals surface area contributed by atoms with Crippen LogP contribution in [0.4, 0.5) is 0 Å². The molecular formula is C13H23NO. The predicted molar refractivity (Wildman–Crippen MR) is 65.9 cm³/mol. The lowest BCUT2D eigenvalue weighted by atomic mass is 9.92. The Morgan fingerprint density at radius 3 is 1.53 bits per heavy atom. The first-order valence-electron chi connectivity index (χ1n) is 5.60. The lowest BCUT2D eigenvalue weighted by Crippen LogP contribution is -2.37. The number of aromatic hydroxyl groups is 1. The van der Waals surface area contributed by atoms with Crippen LogP contribution in [0.1, 0.15) is 40.0 Å². The van der Waals surface area contributed by atoms with Gasteiger partial charge in [0.15, 0.2) is 0 Å². The van der Waals surface area contributed by atoms with Crippen LogP contribution in [0.2, 0.25) is 0 Å². The minimum Gasteiger partial charge on any atom is -0.508 e. The average Bonchev–Trinajstić information content (AvgIpc) is 2.30. The highest BCUT2D eigenvalue weighted by atomic mass is 16.3. The standard InChI is InChI=1S/C7H17N.C6H6O/c1-4-7(8,5-2)6-3;7-6-4-2-1-3-5-6/h4-6,8H2,1-3H3;1-5,7H. The van der Waals surface area contributed by atoms with Crippen molar-refractivity contribution in [2.75, 3.05) is 0 Å². The fraction of sp³-hybridized carbons (Fsp3) is 0.538. The van der Waals surface area contributed by atoms with Crippen LogP contribution in [0.5, 0.6) is 5.75 Å². The van der Waals surface area contributed by atoms with E-state index in [1.54, 1.807) is 24.3 Å². The van der Waals surface area contributed by atoms with Crippen molar-refractivity contribution >= 4 is 0 Å². The Morgan fingerprint density at radius 2 is 1.40 bits per heavy atom. The zero-order chi connectivity index (χ0) is 11.7. The monoisotopic (exact) mass is 209 g/mol. The number of nitrogens with two attached hydrogens (primary N) is 1. The molecule has 0 unspecified atom stereocenters. The fourth-order valence-electron chi connectivity index (χ4n) is 1.18. The quantitative estimate of drug-likeness (QED) is 0.802. The lowest BCUT2D eigenvalue weighted by Gasteiger charge is -2.23. The molecule has 0 heterocycles. The van der Waals surface area contributed by atoms with Gasteiger partial charge in [0.05, 0.1) is 0 Å². The number of phenols is 1. The Hall–Kier alpha value is -1.02. The van der Waals surface area contributed by atoms with Crippen LogP contribution in [0.15, 0.2) is 30.3 Å². The highest BCUT2D eigenvalue weighted by Crippen LogP contribution is 2.14. The van der Waals surface area contributed by atoms with Gasteiger partial charge >= 0.3 is 0 Å². The van der Waals surface area contributed by atoms with Gasteiger partial charge in [-0.1, -0.05) is 39.0 Å². The van der Waals surface area contributed by atoms with Gasteiger partial charge in [-0.2, -0.15) is 0 Å². The van der Waals surface area contributed by atoms with Crippen molar-refractivity contribution in [3.8, 4) is 5.75 Å². The third-order valence-corrected chi connectivity index (χ3v) is 2.87. The molecule has 0 bridgehead atoms. The number of hydrogen-bond acceptors (Lipinski definition) is 2. The Kier molecular flexibility index (Phi) is 6.80. The molecule has 2 heteroatoms. The molecule has 15 heavy (non-hydrogen) atoms. The second-order valence-electron chi connectivity index (χ2n) is 3.76. The van der Waals surface area contributed by atoms with Crippen LogP contribution >= 0.6 is 0 Å². The van der Waals surface area contributed by atoms with Crippen molar-refractivity contribution in [1.29, 1.82) is 0 Å². The number of rotatable bonds is 3. The van der Waals surface area contributed by atoms with E-state index in [4.69, 9.17) is 10.8 Å². The van der Waals surface area contributed by atoms with Crippen molar-refractivity contribution in [3.05, 3.63) is 30.3 Å². The Bertz CT molecular complexity index is 234. The summed E-state index contributed by atoms with van der Waals surface area (Å²) in [6.45, 7) is 6.44. The van der Waals surface area contributed by atoms with E-state index in [1.165, 1.54) is 0 Å². The maximum absolute atomic E-state index is 8.63. The molecule has 0 fully saturated rings. The molecule has 1 aromatic carbocycles. The lowest BCUT2D eigenvalue weighted by molar-refractivity contribution is 0.383. The van der Waals surface area contributed by atoms with Crippen molar-refractivity contribution in [2.24, 2.45) is 5.73 Å². The van der Waals surface area contributed by atoms with Gasteiger partial charge in [-0.05, 0) is 31.4 Å². The van der Waals surface area contributed by atoms with Crippen LogP contribution < -0.4 is 5.73 Å². The third kappa shape index (κ3) is 6.13. The second-order valence-corrected chi connectivity index (χ2v) is 3.76. The Morgan fingerprint density at radius 1 is 1.00 bits per heavy atom. The number of phenolic OH excluding ortho intramolecular Hbond substituents is 1. The van der Waals surface area contributed by atoms with Gasteiger partial charge in [-0.3, -0.25) is 0 Å². The summed E-state index contributed by atoms with van der Waals surface area (Å²) in [5.41, 5.74) is 6.02. The topological polar surface area (TPSA) is 46.2 Å². The summed E-state index contributed by atoms with van der Waals surface area (Å²) in [5.74, 6) is 0.322. The van der Waals surface area contributed by atoms with Gasteiger partial charge in [-0.25, -0.2) is 0 Å². The van der Waals surface area contributed by atoms with Crippen LogP contribution in [0.3, 0.4) is 0 Å². The summed E-state index contributed by atoms with van der Waals surface area (Å²) in [4.78, 5) is 0. The summed E-state index contributed by atoms with van der Waals surface area (Å²) < 4.78 is 0. The molecule has 0 radical (unpaired) electrons. The maximum atomic E-state index is 8.63. The van der Waals surface area contributed by atoms with E-state index >= 15 is 0 Å². The fourth-order valence-corrected chi connectivity index (χ4v) is 1.18. The molecule has 0 amide bonds. The maximum Gasteiger partial charge on any atom is 0.115 e.